The molecule has 28 heavy (non-hydrogen) atoms. The van der Waals surface area contributed by atoms with E-state index in [9.17, 15) is 14.9 Å². The van der Waals surface area contributed by atoms with Crippen LogP contribution in [0.2, 0.25) is 5.02 Å². The van der Waals surface area contributed by atoms with Crippen molar-refractivity contribution in [3.63, 3.8) is 0 Å². The molecule has 0 radical (unpaired) electrons. The number of fused-ring (bicyclic) bond motifs is 1. The Morgan fingerprint density at radius 3 is 2.64 bits per heavy atom. The molecule has 0 aliphatic heterocycles. The fourth-order valence-electron chi connectivity index (χ4n) is 2.78. The van der Waals surface area contributed by atoms with Gasteiger partial charge in [-0.2, -0.15) is 5.26 Å². The largest absolute Gasteiger partial charge is 0.468 e. The van der Waals surface area contributed by atoms with Gasteiger partial charge in [-0.3, -0.25) is 9.59 Å². The predicted octanol–water partition coefficient (Wildman–Crippen LogP) is 4.01. The molecule has 2 aromatic carbocycles. The normalized spacial score (nSPS) is 11.1. The number of hydrogen-bond donors (Lipinski definition) is 1. The number of carbonyl (C=O) groups is 2. The minimum Gasteiger partial charge on any atom is -0.468 e. The molecule has 6 nitrogen and oxygen atoms in total. The highest BCUT2D eigenvalue weighted by Gasteiger charge is 2.14. The molecule has 1 N–H and O–H groups in total. The van der Waals surface area contributed by atoms with E-state index in [0.29, 0.717) is 16.3 Å². The van der Waals surface area contributed by atoms with Crippen LogP contribution in [0.3, 0.4) is 0 Å². The smallest absolute Gasteiger partial charge is 0.325 e. The van der Waals surface area contributed by atoms with Crippen LogP contribution in [0.5, 0.6) is 0 Å². The maximum atomic E-state index is 12.5. The highest BCUT2D eigenvalue weighted by Crippen LogP contribution is 2.25. The van der Waals surface area contributed by atoms with E-state index in [0.717, 1.165) is 10.9 Å². The average Bonchev–Trinajstić information content (AvgIpc) is 3.05. The molecule has 0 spiro atoms. The van der Waals surface area contributed by atoms with Gasteiger partial charge in [0.1, 0.15) is 18.2 Å². The summed E-state index contributed by atoms with van der Waals surface area (Å²) < 4.78 is 6.44. The Morgan fingerprint density at radius 2 is 1.93 bits per heavy atom. The van der Waals surface area contributed by atoms with Crippen molar-refractivity contribution in [2.75, 3.05) is 12.4 Å². The number of amides is 1. The molecule has 1 heterocycles. The maximum absolute atomic E-state index is 12.5. The van der Waals surface area contributed by atoms with Crippen LogP contribution in [0.1, 0.15) is 5.56 Å². The number of nitriles is 1. The summed E-state index contributed by atoms with van der Waals surface area (Å²) in [4.78, 5) is 24.2. The predicted molar refractivity (Wildman–Crippen MR) is 108 cm³/mol. The van der Waals surface area contributed by atoms with Crippen molar-refractivity contribution in [2.24, 2.45) is 0 Å². The minimum atomic E-state index is -0.569. The van der Waals surface area contributed by atoms with Gasteiger partial charge in [-0.05, 0) is 24.3 Å². The van der Waals surface area contributed by atoms with Gasteiger partial charge in [0.05, 0.1) is 17.8 Å². The first-order valence-corrected chi connectivity index (χ1v) is 8.73. The number of aromatic nitrogens is 1. The SMILES string of the molecule is COC(=O)Cn1cc(/C=C(/C#N)C(=O)Nc2ccccc2Cl)c2ccccc21. The lowest BCUT2D eigenvalue weighted by atomic mass is 10.1. The second-order valence-corrected chi connectivity index (χ2v) is 6.32. The zero-order chi connectivity index (χ0) is 20.1. The first kappa shape index (κ1) is 19.2. The van der Waals surface area contributed by atoms with Crippen LogP contribution in [0.25, 0.3) is 17.0 Å². The van der Waals surface area contributed by atoms with Crippen molar-refractivity contribution in [1.82, 2.24) is 4.57 Å². The number of nitrogens with zero attached hydrogens (tertiary/aromatic N) is 2. The first-order valence-electron chi connectivity index (χ1n) is 8.36. The number of para-hydroxylation sites is 2. The molecule has 0 aliphatic carbocycles. The van der Waals surface area contributed by atoms with Crippen LogP contribution in [0.4, 0.5) is 5.69 Å². The summed E-state index contributed by atoms with van der Waals surface area (Å²) in [5, 5.41) is 13.3. The quantitative estimate of drug-likeness (QED) is 0.403. The Morgan fingerprint density at radius 1 is 1.21 bits per heavy atom. The van der Waals surface area contributed by atoms with E-state index < -0.39 is 11.9 Å². The molecule has 0 saturated carbocycles. The van der Waals surface area contributed by atoms with Crippen LogP contribution in [0.15, 0.2) is 60.3 Å². The van der Waals surface area contributed by atoms with Gasteiger partial charge in [0, 0.05) is 22.7 Å². The van der Waals surface area contributed by atoms with Crippen LogP contribution in [0, 0.1) is 11.3 Å². The van der Waals surface area contributed by atoms with Crippen LogP contribution < -0.4 is 5.32 Å². The average molecular weight is 394 g/mol. The van der Waals surface area contributed by atoms with Gasteiger partial charge in [-0.25, -0.2) is 0 Å². The summed E-state index contributed by atoms with van der Waals surface area (Å²) in [7, 11) is 1.32. The highest BCUT2D eigenvalue weighted by atomic mass is 35.5. The monoisotopic (exact) mass is 393 g/mol. The third-order valence-corrected chi connectivity index (χ3v) is 4.46. The standard InChI is InChI=1S/C21H16ClN3O3/c1-28-20(26)13-25-12-15(16-6-2-5-9-19(16)25)10-14(11-23)21(27)24-18-8-4-3-7-17(18)22/h2-10,12H,13H2,1H3,(H,24,27)/b14-10-. The van der Waals surface area contributed by atoms with Crippen molar-refractivity contribution in [2.45, 2.75) is 6.54 Å². The van der Waals surface area contributed by atoms with Crippen molar-refractivity contribution >= 4 is 46.1 Å². The summed E-state index contributed by atoms with van der Waals surface area (Å²) in [5.74, 6) is -0.964. The van der Waals surface area contributed by atoms with Crippen LogP contribution in [-0.2, 0) is 20.9 Å². The van der Waals surface area contributed by atoms with E-state index in [2.05, 4.69) is 5.32 Å². The fourth-order valence-corrected chi connectivity index (χ4v) is 2.96. The highest BCUT2D eigenvalue weighted by molar-refractivity contribution is 6.34. The summed E-state index contributed by atoms with van der Waals surface area (Å²) in [6, 6.07) is 16.1. The van der Waals surface area contributed by atoms with E-state index in [-0.39, 0.29) is 12.1 Å². The van der Waals surface area contributed by atoms with Crippen molar-refractivity contribution in [1.29, 1.82) is 5.26 Å². The third kappa shape index (κ3) is 4.05. The molecule has 0 fully saturated rings. The summed E-state index contributed by atoms with van der Waals surface area (Å²) in [5.41, 5.74) is 1.78. The number of ether oxygens (including phenoxy) is 1. The molecule has 0 unspecified atom stereocenters. The maximum Gasteiger partial charge on any atom is 0.325 e. The molecule has 0 aliphatic rings. The Kier molecular flexibility index (Phi) is 5.78. The lowest BCUT2D eigenvalue weighted by Gasteiger charge is -2.05. The fraction of sp³-hybridized carbons (Fsp3) is 0.0952. The first-order chi connectivity index (χ1) is 13.5. The van der Waals surface area contributed by atoms with Gasteiger partial charge in [-0.15, -0.1) is 0 Å². The van der Waals surface area contributed by atoms with Gasteiger partial charge < -0.3 is 14.6 Å². The van der Waals surface area contributed by atoms with Gasteiger partial charge >= 0.3 is 5.97 Å². The third-order valence-electron chi connectivity index (χ3n) is 4.13. The Bertz CT molecular complexity index is 1130. The number of methoxy groups -OCH3 is 1. The van der Waals surface area contributed by atoms with Crippen molar-refractivity contribution in [3.05, 3.63) is 70.9 Å². The Hall–Kier alpha value is -3.56. The summed E-state index contributed by atoms with van der Waals surface area (Å²) >= 11 is 6.06. The molecular formula is C21H16ClN3O3. The number of esters is 1. The number of benzene rings is 2. The number of nitrogens with one attached hydrogen (secondary N) is 1. The number of rotatable bonds is 5. The summed E-state index contributed by atoms with van der Waals surface area (Å²) in [6.07, 6.45) is 3.20. The molecule has 0 atom stereocenters. The molecule has 3 aromatic rings. The molecule has 7 heteroatoms. The number of hydrogen-bond acceptors (Lipinski definition) is 4. The van der Waals surface area contributed by atoms with Gasteiger partial charge in [0.2, 0.25) is 0 Å². The van der Waals surface area contributed by atoms with E-state index >= 15 is 0 Å². The van der Waals surface area contributed by atoms with Crippen molar-refractivity contribution < 1.29 is 14.3 Å². The molecule has 1 aromatic heterocycles. The minimum absolute atomic E-state index is 0.0263. The number of halogens is 1. The number of carbonyl (C=O) groups excluding carboxylic acids is 2. The zero-order valence-corrected chi connectivity index (χ0v) is 15.7. The van der Waals surface area contributed by atoms with Crippen LogP contribution in [-0.4, -0.2) is 23.6 Å². The van der Waals surface area contributed by atoms with E-state index in [4.69, 9.17) is 16.3 Å². The topological polar surface area (TPSA) is 84.1 Å². The zero-order valence-electron chi connectivity index (χ0n) is 15.0. The molecule has 140 valence electrons. The van der Waals surface area contributed by atoms with Gasteiger partial charge in [0.15, 0.2) is 0 Å². The summed E-state index contributed by atoms with van der Waals surface area (Å²) in [6.45, 7) is 0.0263. The molecule has 0 bridgehead atoms. The Labute approximate surface area is 166 Å². The molecule has 0 saturated heterocycles. The van der Waals surface area contributed by atoms with E-state index in [1.165, 1.54) is 13.2 Å². The second kappa shape index (κ2) is 8.42. The lowest BCUT2D eigenvalue weighted by Crippen LogP contribution is -2.13. The molecule has 3 rings (SSSR count). The number of anilines is 1. The van der Waals surface area contributed by atoms with Crippen LogP contribution >= 0.6 is 11.6 Å². The van der Waals surface area contributed by atoms with E-state index in [1.807, 2.05) is 30.3 Å². The second-order valence-electron chi connectivity index (χ2n) is 5.91. The van der Waals surface area contributed by atoms with E-state index in [1.54, 1.807) is 35.0 Å². The molecule has 1 amide bonds. The van der Waals surface area contributed by atoms with Crippen molar-refractivity contribution in [3.8, 4) is 6.07 Å². The Balaban J connectivity index is 1.97. The molecular weight excluding hydrogens is 378 g/mol. The lowest BCUT2D eigenvalue weighted by molar-refractivity contribution is -0.141. The van der Waals surface area contributed by atoms with Gasteiger partial charge in [0.25, 0.3) is 5.91 Å². The van der Waals surface area contributed by atoms with Gasteiger partial charge in [-0.1, -0.05) is 41.9 Å².